The molecule has 0 bridgehead atoms. The van der Waals surface area contributed by atoms with E-state index in [1.807, 2.05) is 0 Å². The van der Waals surface area contributed by atoms with Gasteiger partial charge in [0.25, 0.3) is 0 Å². The van der Waals surface area contributed by atoms with Crippen LogP contribution in [-0.4, -0.2) is 26.7 Å². The summed E-state index contributed by atoms with van der Waals surface area (Å²) in [6.07, 6.45) is 24.2. The molecule has 0 aliphatic heterocycles. The largest absolute Gasteiger partial charge is 1.00 e. The van der Waals surface area contributed by atoms with Gasteiger partial charge in [0.2, 0.25) is 10.0 Å². The molecule has 0 rings (SSSR count). The molecule has 0 fully saturated rings. The molecule has 0 saturated carbocycles. The minimum Gasteiger partial charge on any atom is -0.550 e. The molecule has 0 aliphatic rings. The summed E-state index contributed by atoms with van der Waals surface area (Å²) in [6, 6.07) is 0. The Morgan fingerprint density at radius 1 is 0.645 bits per heavy atom. The molecule has 31 heavy (non-hydrogen) atoms. The second-order valence-electron chi connectivity index (χ2n) is 8.70. The van der Waals surface area contributed by atoms with E-state index in [9.17, 15) is 18.3 Å². The summed E-state index contributed by atoms with van der Waals surface area (Å²) in [6.45, 7) is 2.19. The number of rotatable bonds is 24. The topological polar surface area (TPSA) is 86.3 Å². The van der Waals surface area contributed by atoms with Gasteiger partial charge >= 0.3 is 29.6 Å². The van der Waals surface area contributed by atoms with E-state index in [0.717, 1.165) is 12.8 Å². The van der Waals surface area contributed by atoms with Crippen LogP contribution in [0.4, 0.5) is 0 Å². The Morgan fingerprint density at radius 2 is 0.968 bits per heavy atom. The van der Waals surface area contributed by atoms with Gasteiger partial charge < -0.3 is 9.90 Å². The molecule has 0 aromatic heterocycles. The Balaban J connectivity index is 0. The van der Waals surface area contributed by atoms with Crippen LogP contribution in [0.15, 0.2) is 0 Å². The summed E-state index contributed by atoms with van der Waals surface area (Å²) in [5, 5.41) is 10.3. The van der Waals surface area contributed by atoms with Crippen molar-refractivity contribution in [3.8, 4) is 0 Å². The number of nitrogens with one attached hydrogen (secondary N) is 1. The summed E-state index contributed by atoms with van der Waals surface area (Å²) in [7, 11) is -3.34. The van der Waals surface area contributed by atoms with Gasteiger partial charge in [-0.2, -0.15) is 0 Å². The number of hydrogen-bond donors (Lipinski definition) is 1. The van der Waals surface area contributed by atoms with E-state index in [0.29, 0.717) is 6.42 Å². The van der Waals surface area contributed by atoms with Gasteiger partial charge in [-0.25, -0.2) is 13.1 Å². The van der Waals surface area contributed by atoms with Crippen molar-refractivity contribution in [2.45, 2.75) is 135 Å². The zero-order valence-electron chi connectivity index (χ0n) is 20.6. The molecule has 1 N–H and O–H groups in total. The molecule has 0 atom stereocenters. The van der Waals surface area contributed by atoms with Gasteiger partial charge in [0.15, 0.2) is 0 Å². The minimum absolute atomic E-state index is 0. The van der Waals surface area contributed by atoms with Crippen LogP contribution in [0, 0.1) is 0 Å². The molecule has 5 nitrogen and oxygen atoms in total. The molecule has 0 spiro atoms. The van der Waals surface area contributed by atoms with Crippen LogP contribution >= 0.6 is 0 Å². The molecule has 0 unspecified atom stereocenters. The summed E-state index contributed by atoms with van der Waals surface area (Å²) in [5.41, 5.74) is 0. The molecule has 0 saturated heterocycles. The second kappa shape index (κ2) is 25.0. The standard InChI is InChI=1S/C24H49NO4S.Na/c1-2-3-4-5-6-7-8-9-10-11-12-13-14-15-16-17-18-19-20-23-30(28,29)25-22-21-24(26)27;/h25H,2-23H2,1H3,(H,26,27);/q;+1/p-1. The molecule has 7 heteroatoms. The Hall–Kier alpha value is 0.380. The maximum atomic E-state index is 11.7. The van der Waals surface area contributed by atoms with Crippen molar-refractivity contribution in [2.75, 3.05) is 12.3 Å². The first-order chi connectivity index (χ1) is 14.5. The van der Waals surface area contributed by atoms with Crippen molar-refractivity contribution in [2.24, 2.45) is 0 Å². The average molecular weight is 470 g/mol. The fourth-order valence-corrected chi connectivity index (χ4v) is 4.89. The minimum atomic E-state index is -3.34. The van der Waals surface area contributed by atoms with Crippen LogP contribution in [-0.2, 0) is 14.8 Å². The van der Waals surface area contributed by atoms with Gasteiger partial charge in [0, 0.05) is 18.9 Å². The molecular formula is C24H48NNaO4S. The van der Waals surface area contributed by atoms with Gasteiger partial charge in [0.05, 0.1) is 5.75 Å². The Labute approximate surface area is 215 Å². The van der Waals surface area contributed by atoms with Crippen LogP contribution in [0.1, 0.15) is 135 Å². The van der Waals surface area contributed by atoms with Crippen molar-refractivity contribution in [3.05, 3.63) is 0 Å². The van der Waals surface area contributed by atoms with Crippen LogP contribution in [0.5, 0.6) is 0 Å². The van der Waals surface area contributed by atoms with E-state index in [-0.39, 0.29) is 48.3 Å². The van der Waals surface area contributed by atoms with E-state index in [1.54, 1.807) is 0 Å². The van der Waals surface area contributed by atoms with Gasteiger partial charge in [0.1, 0.15) is 0 Å². The number of sulfonamides is 1. The fraction of sp³-hybridized carbons (Fsp3) is 0.958. The Kier molecular flexibility index (Phi) is 27.1. The third kappa shape index (κ3) is 28.3. The molecule has 0 aromatic carbocycles. The van der Waals surface area contributed by atoms with E-state index >= 15 is 0 Å². The van der Waals surface area contributed by atoms with Crippen molar-refractivity contribution < 1.29 is 47.9 Å². The summed E-state index contributed by atoms with van der Waals surface area (Å²) < 4.78 is 25.6. The fourth-order valence-electron chi connectivity index (χ4n) is 3.75. The Bertz CT molecular complexity index is 486. The van der Waals surface area contributed by atoms with Crippen LogP contribution in [0.2, 0.25) is 0 Å². The van der Waals surface area contributed by atoms with Crippen molar-refractivity contribution in [1.29, 1.82) is 0 Å². The van der Waals surface area contributed by atoms with Gasteiger partial charge in [-0.05, 0) is 6.42 Å². The zero-order valence-corrected chi connectivity index (χ0v) is 23.4. The second-order valence-corrected chi connectivity index (χ2v) is 10.6. The van der Waals surface area contributed by atoms with Crippen molar-refractivity contribution >= 4 is 16.0 Å². The summed E-state index contributed by atoms with van der Waals surface area (Å²) >= 11 is 0. The van der Waals surface area contributed by atoms with E-state index in [1.165, 1.54) is 103 Å². The van der Waals surface area contributed by atoms with E-state index in [2.05, 4.69) is 11.6 Å². The zero-order chi connectivity index (χ0) is 22.3. The predicted molar refractivity (Wildman–Crippen MR) is 125 cm³/mol. The molecule has 0 heterocycles. The SMILES string of the molecule is CCCCCCCCCCCCCCCCCCCCCS(=O)(=O)NCCC(=O)[O-].[Na+]. The maximum absolute atomic E-state index is 11.7. The third-order valence-electron chi connectivity index (χ3n) is 5.67. The number of hydrogen-bond acceptors (Lipinski definition) is 4. The first kappa shape index (κ1) is 33.6. The van der Waals surface area contributed by atoms with Crippen LogP contribution < -0.4 is 39.4 Å². The number of aliphatic carboxylic acids is 1. The molecule has 0 amide bonds. The molecule has 0 aliphatic carbocycles. The normalized spacial score (nSPS) is 11.4. The molecule has 0 aromatic rings. The van der Waals surface area contributed by atoms with Crippen LogP contribution in [0.25, 0.3) is 0 Å². The molecule has 0 radical (unpaired) electrons. The predicted octanol–water partition coefficient (Wildman–Crippen LogP) is 2.48. The van der Waals surface area contributed by atoms with Gasteiger partial charge in [-0.1, -0.05) is 122 Å². The van der Waals surface area contributed by atoms with E-state index in [4.69, 9.17) is 0 Å². The third-order valence-corrected chi connectivity index (χ3v) is 7.14. The molecule has 180 valence electrons. The summed E-state index contributed by atoms with van der Waals surface area (Å²) in [5.74, 6) is -1.15. The van der Waals surface area contributed by atoms with Crippen molar-refractivity contribution in [1.82, 2.24) is 4.72 Å². The maximum Gasteiger partial charge on any atom is 1.00 e. The quantitative estimate of drug-likeness (QED) is 0.174. The average Bonchev–Trinajstić information content (AvgIpc) is 2.69. The van der Waals surface area contributed by atoms with Crippen molar-refractivity contribution in [3.63, 3.8) is 0 Å². The first-order valence-corrected chi connectivity index (χ1v) is 14.3. The van der Waals surface area contributed by atoms with Gasteiger partial charge in [-0.3, -0.25) is 0 Å². The Morgan fingerprint density at radius 3 is 1.29 bits per heavy atom. The number of carbonyl (C=O) groups is 1. The number of carbonyl (C=O) groups excluding carboxylic acids is 1. The number of unbranched alkanes of at least 4 members (excludes halogenated alkanes) is 18. The smallest absolute Gasteiger partial charge is 0.550 e. The number of carboxylic acids is 1. The van der Waals surface area contributed by atoms with Crippen LogP contribution in [0.3, 0.4) is 0 Å². The monoisotopic (exact) mass is 469 g/mol. The van der Waals surface area contributed by atoms with Gasteiger partial charge in [-0.15, -0.1) is 0 Å². The summed E-state index contributed by atoms with van der Waals surface area (Å²) in [4.78, 5) is 10.3. The van der Waals surface area contributed by atoms with E-state index < -0.39 is 16.0 Å². The first-order valence-electron chi connectivity index (χ1n) is 12.6. The molecular weight excluding hydrogens is 421 g/mol. The number of carboxylic acid groups (broad SMARTS) is 1.